The van der Waals surface area contributed by atoms with Crippen LogP contribution in [0.4, 0.5) is 0 Å². The predicted molar refractivity (Wildman–Crippen MR) is 109 cm³/mol. The van der Waals surface area contributed by atoms with Crippen LogP contribution in [0.15, 0.2) is 58.1 Å². The standard InChI is InChI=1S/C18H14N6O3S/c19-18(28)22-20-9-14(25)23-16(26)11-6-2-1-5-10(11)15-21-13-8-4-3-7-12(13)17(27)24(15)23/h1-8,20H,9H2,(H3,19,22,28). The van der Waals surface area contributed by atoms with Crippen LogP contribution in [0.1, 0.15) is 4.79 Å². The summed E-state index contributed by atoms with van der Waals surface area (Å²) >= 11 is 4.66. The molecule has 0 spiro atoms. The van der Waals surface area contributed by atoms with E-state index in [1.807, 2.05) is 0 Å². The Morgan fingerprint density at radius 1 is 1.00 bits per heavy atom. The van der Waals surface area contributed by atoms with Crippen LogP contribution >= 0.6 is 12.2 Å². The van der Waals surface area contributed by atoms with Crippen molar-refractivity contribution in [2.24, 2.45) is 5.73 Å². The molecule has 28 heavy (non-hydrogen) atoms. The zero-order chi connectivity index (χ0) is 19.8. The number of hydrogen-bond acceptors (Lipinski definition) is 6. The Balaban J connectivity index is 2.09. The molecule has 0 aliphatic heterocycles. The Bertz CT molecular complexity index is 1390. The van der Waals surface area contributed by atoms with Crippen molar-refractivity contribution in [3.05, 3.63) is 69.2 Å². The lowest BCUT2D eigenvalue weighted by molar-refractivity contribution is 0.0882. The Hall–Kier alpha value is -3.63. The van der Waals surface area contributed by atoms with Crippen molar-refractivity contribution >= 4 is 50.6 Å². The average Bonchev–Trinajstić information content (AvgIpc) is 2.69. The van der Waals surface area contributed by atoms with Crippen molar-refractivity contribution in [2.45, 2.75) is 0 Å². The Morgan fingerprint density at radius 3 is 2.36 bits per heavy atom. The molecule has 0 aliphatic rings. The van der Waals surface area contributed by atoms with Crippen LogP contribution in [0.2, 0.25) is 0 Å². The van der Waals surface area contributed by atoms with E-state index in [0.717, 1.165) is 9.20 Å². The number of hydrazine groups is 1. The number of nitrogens with one attached hydrogen (secondary N) is 2. The van der Waals surface area contributed by atoms with Gasteiger partial charge in [-0.15, -0.1) is 0 Å². The fourth-order valence-electron chi connectivity index (χ4n) is 3.06. The monoisotopic (exact) mass is 394 g/mol. The quantitative estimate of drug-likeness (QED) is 0.194. The van der Waals surface area contributed by atoms with Crippen LogP contribution in [0.25, 0.3) is 27.3 Å². The molecule has 0 amide bonds. The minimum absolute atomic E-state index is 0.0617. The molecule has 4 N–H and O–H groups in total. The average molecular weight is 394 g/mol. The van der Waals surface area contributed by atoms with Gasteiger partial charge in [-0.25, -0.2) is 10.4 Å². The van der Waals surface area contributed by atoms with Crippen LogP contribution in [0, 0.1) is 0 Å². The Labute approximate surface area is 162 Å². The maximum atomic E-state index is 13.1. The Morgan fingerprint density at radius 2 is 1.64 bits per heavy atom. The number of aromatic nitrogens is 3. The first-order chi connectivity index (χ1) is 13.5. The zero-order valence-corrected chi connectivity index (χ0v) is 15.2. The molecule has 0 aliphatic carbocycles. The number of nitrogens with zero attached hydrogens (tertiary/aromatic N) is 3. The molecule has 10 heteroatoms. The highest BCUT2D eigenvalue weighted by atomic mass is 32.1. The third-order valence-electron chi connectivity index (χ3n) is 4.23. The second-order valence-corrected chi connectivity index (χ2v) is 6.41. The number of benzene rings is 2. The van der Waals surface area contributed by atoms with Crippen molar-refractivity contribution < 1.29 is 4.79 Å². The van der Waals surface area contributed by atoms with Crippen molar-refractivity contribution in [1.29, 1.82) is 0 Å². The van der Waals surface area contributed by atoms with E-state index in [1.54, 1.807) is 48.5 Å². The first kappa shape index (κ1) is 17.8. The first-order valence-electron chi connectivity index (χ1n) is 8.26. The zero-order valence-electron chi connectivity index (χ0n) is 14.4. The van der Waals surface area contributed by atoms with Gasteiger partial charge in [0.25, 0.3) is 17.0 Å². The number of para-hydroxylation sites is 1. The van der Waals surface area contributed by atoms with Gasteiger partial charge in [0.15, 0.2) is 10.8 Å². The topological polar surface area (TPSA) is 124 Å². The number of carbonyl (C=O) groups excluding carboxylic acids is 1. The van der Waals surface area contributed by atoms with E-state index in [4.69, 9.17) is 5.73 Å². The van der Waals surface area contributed by atoms with E-state index >= 15 is 0 Å². The van der Waals surface area contributed by atoms with Crippen LogP contribution in [-0.2, 0) is 0 Å². The molecule has 4 rings (SSSR count). The van der Waals surface area contributed by atoms with Crippen LogP contribution in [-0.4, -0.2) is 31.7 Å². The van der Waals surface area contributed by atoms with Gasteiger partial charge in [0.05, 0.1) is 22.8 Å². The van der Waals surface area contributed by atoms with Crippen LogP contribution in [0.3, 0.4) is 0 Å². The maximum absolute atomic E-state index is 13.1. The summed E-state index contributed by atoms with van der Waals surface area (Å²) in [6, 6.07) is 13.5. The minimum Gasteiger partial charge on any atom is -0.375 e. The molecule has 0 atom stereocenters. The highest BCUT2D eigenvalue weighted by Gasteiger charge is 2.19. The third-order valence-corrected chi connectivity index (χ3v) is 4.33. The van der Waals surface area contributed by atoms with Gasteiger partial charge in [-0.3, -0.25) is 19.8 Å². The second-order valence-electron chi connectivity index (χ2n) is 5.97. The van der Waals surface area contributed by atoms with Gasteiger partial charge in [0.1, 0.15) is 0 Å². The molecule has 9 nitrogen and oxygen atoms in total. The summed E-state index contributed by atoms with van der Waals surface area (Å²) in [5.41, 5.74) is 9.80. The van der Waals surface area contributed by atoms with Gasteiger partial charge in [-0.2, -0.15) is 9.20 Å². The van der Waals surface area contributed by atoms with Gasteiger partial charge in [-0.05, 0) is 30.4 Å². The number of thiocarbonyl (C=S) groups is 1. The first-order valence-corrected chi connectivity index (χ1v) is 8.67. The highest BCUT2D eigenvalue weighted by Crippen LogP contribution is 2.16. The normalized spacial score (nSPS) is 11.1. The predicted octanol–water partition coefficient (Wildman–Crippen LogP) is 0.141. The Kier molecular flexibility index (Phi) is 4.34. The van der Waals surface area contributed by atoms with Crippen molar-refractivity contribution in [1.82, 2.24) is 25.0 Å². The molecule has 0 bridgehead atoms. The SMILES string of the molecule is NC(=S)NNCC(=O)n1c(=O)c2ccccc2c2nc3ccccc3c(=O)n21. The summed E-state index contributed by atoms with van der Waals surface area (Å²) in [6.45, 7) is -0.329. The number of fused-ring (bicyclic) bond motifs is 4. The lowest BCUT2D eigenvalue weighted by Crippen LogP contribution is -2.47. The van der Waals surface area contributed by atoms with Crippen LogP contribution < -0.4 is 27.7 Å². The number of rotatable bonds is 3. The smallest absolute Gasteiger partial charge is 0.281 e. The summed E-state index contributed by atoms with van der Waals surface area (Å²) in [6.07, 6.45) is 0. The molecule has 0 radical (unpaired) electrons. The molecule has 0 saturated heterocycles. The molecule has 0 saturated carbocycles. The third kappa shape index (κ3) is 2.80. The maximum Gasteiger partial charge on any atom is 0.281 e. The lowest BCUT2D eigenvalue weighted by Gasteiger charge is -2.14. The number of hydrogen-bond donors (Lipinski definition) is 3. The van der Waals surface area contributed by atoms with E-state index in [1.165, 1.54) is 0 Å². The molecular formula is C18H14N6O3S. The van der Waals surface area contributed by atoms with Gasteiger partial charge in [0, 0.05) is 5.39 Å². The second kappa shape index (κ2) is 6.83. The largest absolute Gasteiger partial charge is 0.375 e. The van der Waals surface area contributed by atoms with Gasteiger partial charge >= 0.3 is 0 Å². The summed E-state index contributed by atoms with van der Waals surface area (Å²) < 4.78 is 1.80. The van der Waals surface area contributed by atoms with Gasteiger partial charge in [-0.1, -0.05) is 30.3 Å². The fourth-order valence-corrected chi connectivity index (χ4v) is 3.13. The van der Waals surface area contributed by atoms with Crippen LogP contribution in [0.5, 0.6) is 0 Å². The summed E-state index contributed by atoms with van der Waals surface area (Å²) in [7, 11) is 0. The molecule has 0 fully saturated rings. The van der Waals surface area contributed by atoms with E-state index in [2.05, 4.69) is 28.1 Å². The van der Waals surface area contributed by atoms with Gasteiger partial charge in [0.2, 0.25) is 0 Å². The molecule has 0 unspecified atom stereocenters. The molecule has 140 valence electrons. The van der Waals surface area contributed by atoms with Crippen molar-refractivity contribution in [2.75, 3.05) is 6.54 Å². The number of nitrogens with two attached hydrogens (primary N) is 1. The molecule has 2 heterocycles. The minimum atomic E-state index is -0.677. The summed E-state index contributed by atoms with van der Waals surface area (Å²) in [5, 5.41) is 0.993. The molecule has 4 aromatic rings. The van der Waals surface area contributed by atoms with E-state index in [0.29, 0.717) is 16.3 Å². The van der Waals surface area contributed by atoms with E-state index < -0.39 is 17.0 Å². The summed E-state index contributed by atoms with van der Waals surface area (Å²) in [4.78, 5) is 43.5. The number of carbonyl (C=O) groups is 1. The summed E-state index contributed by atoms with van der Waals surface area (Å²) in [5.74, 6) is -0.677. The molecule has 2 aromatic heterocycles. The lowest BCUT2D eigenvalue weighted by atomic mass is 10.2. The van der Waals surface area contributed by atoms with E-state index in [-0.39, 0.29) is 22.7 Å². The molecule has 2 aromatic carbocycles. The fraction of sp³-hybridized carbons (Fsp3) is 0.0556. The highest BCUT2D eigenvalue weighted by molar-refractivity contribution is 7.80. The van der Waals surface area contributed by atoms with Gasteiger partial charge < -0.3 is 5.73 Å². The molecular weight excluding hydrogens is 380 g/mol. The van der Waals surface area contributed by atoms with Crippen molar-refractivity contribution in [3.8, 4) is 0 Å². The van der Waals surface area contributed by atoms with E-state index in [9.17, 15) is 14.4 Å². The van der Waals surface area contributed by atoms with Crippen molar-refractivity contribution in [3.63, 3.8) is 0 Å².